The zero-order valence-electron chi connectivity index (χ0n) is 9.64. The van der Waals surface area contributed by atoms with Crippen LogP contribution in [0.2, 0.25) is 0 Å². The summed E-state index contributed by atoms with van der Waals surface area (Å²) < 4.78 is 14.6. The molecule has 0 unspecified atom stereocenters. The van der Waals surface area contributed by atoms with Gasteiger partial charge in [0.25, 0.3) is 0 Å². The third-order valence-corrected chi connectivity index (χ3v) is 2.80. The summed E-state index contributed by atoms with van der Waals surface area (Å²) in [6, 6.07) is 7.83. The number of hydrogen-bond donors (Lipinski definition) is 1. The van der Waals surface area contributed by atoms with E-state index in [0.29, 0.717) is 16.7 Å². The number of halogens is 1. The van der Waals surface area contributed by atoms with Crippen LogP contribution in [0.15, 0.2) is 41.3 Å². The number of H-pyrrole nitrogens is 1. The number of rotatable bonds is 1. The lowest BCUT2D eigenvalue weighted by Crippen LogP contribution is -2.14. The normalized spacial score (nSPS) is 11.0. The molecule has 0 saturated carbocycles. The number of aromatic amines is 1. The summed E-state index contributed by atoms with van der Waals surface area (Å²) in [5.41, 5.74) is 2.33. The second kappa shape index (κ2) is 3.80. The Morgan fingerprint density at radius 2 is 2.11 bits per heavy atom. The summed E-state index contributed by atoms with van der Waals surface area (Å²) in [6.07, 6.45) is 1.62. The molecule has 1 aromatic carbocycles. The van der Waals surface area contributed by atoms with Crippen LogP contribution in [0.25, 0.3) is 16.7 Å². The van der Waals surface area contributed by atoms with Gasteiger partial charge in [-0.05, 0) is 37.3 Å². The molecule has 0 amide bonds. The lowest BCUT2D eigenvalue weighted by molar-refractivity contribution is 0.629. The molecular weight excluding hydrogens is 233 g/mol. The molecule has 18 heavy (non-hydrogen) atoms. The summed E-state index contributed by atoms with van der Waals surface area (Å²) in [5, 5.41) is 0. The summed E-state index contributed by atoms with van der Waals surface area (Å²) in [4.78, 5) is 18.7. The molecule has 0 fully saturated rings. The molecule has 4 nitrogen and oxygen atoms in total. The molecule has 0 aliphatic rings. The standard InChI is InChI=1S/C13H10FN3O/c1-8-2-4-10(7-15-8)17-12-5-3-9(14)6-11(12)16-13(17)18/h2-7H,1H3,(H,16,18). The molecule has 0 bridgehead atoms. The highest BCUT2D eigenvalue weighted by Crippen LogP contribution is 2.16. The van der Waals surface area contributed by atoms with E-state index in [9.17, 15) is 9.18 Å². The van der Waals surface area contributed by atoms with Crippen molar-refractivity contribution in [3.8, 4) is 5.69 Å². The SMILES string of the molecule is Cc1ccc(-n2c(=O)[nH]c3cc(F)ccc32)cn1. The number of pyridine rings is 1. The van der Waals surface area contributed by atoms with Gasteiger partial charge >= 0.3 is 5.69 Å². The fourth-order valence-corrected chi connectivity index (χ4v) is 1.93. The van der Waals surface area contributed by atoms with Crippen molar-refractivity contribution >= 4 is 11.0 Å². The van der Waals surface area contributed by atoms with Crippen LogP contribution in [0, 0.1) is 12.7 Å². The third kappa shape index (κ3) is 1.60. The number of imidazole rings is 1. The number of hydrogen-bond acceptors (Lipinski definition) is 2. The van der Waals surface area contributed by atoms with Gasteiger partial charge in [-0.3, -0.25) is 9.55 Å². The average Bonchev–Trinajstić information content (AvgIpc) is 2.65. The van der Waals surface area contributed by atoms with E-state index in [1.165, 1.54) is 16.7 Å². The van der Waals surface area contributed by atoms with Crippen LogP contribution in [-0.4, -0.2) is 14.5 Å². The summed E-state index contributed by atoms with van der Waals surface area (Å²) in [7, 11) is 0. The second-order valence-electron chi connectivity index (χ2n) is 4.08. The summed E-state index contributed by atoms with van der Waals surface area (Å²) >= 11 is 0. The predicted molar refractivity (Wildman–Crippen MR) is 66.4 cm³/mol. The van der Waals surface area contributed by atoms with Crippen LogP contribution in [-0.2, 0) is 0 Å². The van der Waals surface area contributed by atoms with Gasteiger partial charge in [-0.2, -0.15) is 0 Å². The Bertz CT molecular complexity index is 771. The van der Waals surface area contributed by atoms with E-state index in [4.69, 9.17) is 0 Å². The Kier molecular flexibility index (Phi) is 2.26. The van der Waals surface area contributed by atoms with Gasteiger partial charge in [0.05, 0.1) is 22.9 Å². The lowest BCUT2D eigenvalue weighted by atomic mass is 10.3. The van der Waals surface area contributed by atoms with Crippen molar-refractivity contribution in [2.45, 2.75) is 6.92 Å². The highest BCUT2D eigenvalue weighted by atomic mass is 19.1. The van der Waals surface area contributed by atoms with E-state index in [1.54, 1.807) is 18.3 Å². The van der Waals surface area contributed by atoms with Crippen LogP contribution in [0.5, 0.6) is 0 Å². The first kappa shape index (κ1) is 10.7. The van der Waals surface area contributed by atoms with Crippen molar-refractivity contribution in [1.29, 1.82) is 0 Å². The first-order valence-electron chi connectivity index (χ1n) is 5.48. The lowest BCUT2D eigenvalue weighted by Gasteiger charge is -2.02. The fraction of sp³-hybridized carbons (Fsp3) is 0.0769. The topological polar surface area (TPSA) is 50.7 Å². The van der Waals surface area contributed by atoms with E-state index >= 15 is 0 Å². The van der Waals surface area contributed by atoms with Gasteiger partial charge in [0.15, 0.2) is 0 Å². The molecule has 0 aliphatic heterocycles. The van der Waals surface area contributed by atoms with Gasteiger partial charge < -0.3 is 4.98 Å². The van der Waals surface area contributed by atoms with Gasteiger partial charge in [0.2, 0.25) is 0 Å². The van der Waals surface area contributed by atoms with E-state index in [2.05, 4.69) is 9.97 Å². The molecule has 1 N–H and O–H groups in total. The highest BCUT2D eigenvalue weighted by Gasteiger charge is 2.09. The first-order chi connectivity index (χ1) is 8.65. The van der Waals surface area contributed by atoms with Crippen molar-refractivity contribution in [2.24, 2.45) is 0 Å². The van der Waals surface area contributed by atoms with Crippen molar-refractivity contribution in [1.82, 2.24) is 14.5 Å². The van der Waals surface area contributed by atoms with E-state index in [0.717, 1.165) is 5.69 Å². The zero-order valence-corrected chi connectivity index (χ0v) is 9.64. The predicted octanol–water partition coefficient (Wildman–Crippen LogP) is 2.16. The van der Waals surface area contributed by atoms with Gasteiger partial charge in [-0.1, -0.05) is 0 Å². The number of benzene rings is 1. The van der Waals surface area contributed by atoms with Crippen LogP contribution >= 0.6 is 0 Å². The number of nitrogens with zero attached hydrogens (tertiary/aromatic N) is 2. The molecule has 5 heteroatoms. The molecule has 0 radical (unpaired) electrons. The fourth-order valence-electron chi connectivity index (χ4n) is 1.93. The van der Waals surface area contributed by atoms with Crippen molar-refractivity contribution < 1.29 is 4.39 Å². The van der Waals surface area contributed by atoms with Gasteiger partial charge in [-0.25, -0.2) is 9.18 Å². The van der Waals surface area contributed by atoms with Crippen LogP contribution in [0.3, 0.4) is 0 Å². The van der Waals surface area contributed by atoms with E-state index in [1.807, 2.05) is 13.0 Å². The molecule has 3 aromatic rings. The maximum Gasteiger partial charge on any atom is 0.331 e. The molecule has 2 aromatic heterocycles. The van der Waals surface area contributed by atoms with Gasteiger partial charge in [0.1, 0.15) is 5.82 Å². The largest absolute Gasteiger partial charge is 0.331 e. The minimum atomic E-state index is -0.377. The van der Waals surface area contributed by atoms with Gasteiger partial charge in [-0.15, -0.1) is 0 Å². The Morgan fingerprint density at radius 3 is 2.83 bits per heavy atom. The Hall–Kier alpha value is -2.43. The summed E-state index contributed by atoms with van der Waals surface area (Å²) in [6.45, 7) is 1.87. The maximum absolute atomic E-state index is 13.1. The van der Waals surface area contributed by atoms with Crippen LogP contribution in [0.4, 0.5) is 4.39 Å². The minimum absolute atomic E-state index is 0.304. The Morgan fingerprint density at radius 1 is 1.28 bits per heavy atom. The third-order valence-electron chi connectivity index (χ3n) is 2.80. The molecule has 0 atom stereocenters. The second-order valence-corrected chi connectivity index (χ2v) is 4.08. The smallest absolute Gasteiger partial charge is 0.305 e. The van der Waals surface area contributed by atoms with Gasteiger partial charge in [0, 0.05) is 5.69 Å². The Balaban J connectivity index is 2.32. The van der Waals surface area contributed by atoms with Crippen LogP contribution in [0.1, 0.15) is 5.69 Å². The molecular formula is C13H10FN3O. The molecule has 0 aliphatic carbocycles. The number of nitrogens with one attached hydrogen (secondary N) is 1. The average molecular weight is 243 g/mol. The monoisotopic (exact) mass is 243 g/mol. The number of aryl methyl sites for hydroxylation is 1. The molecule has 2 heterocycles. The Labute approximate surface area is 102 Å². The quantitative estimate of drug-likeness (QED) is 0.712. The zero-order chi connectivity index (χ0) is 12.7. The van der Waals surface area contributed by atoms with Crippen molar-refractivity contribution in [3.05, 3.63) is 58.5 Å². The highest BCUT2D eigenvalue weighted by molar-refractivity contribution is 5.77. The minimum Gasteiger partial charge on any atom is -0.305 e. The first-order valence-corrected chi connectivity index (χ1v) is 5.48. The molecule has 90 valence electrons. The van der Waals surface area contributed by atoms with E-state index < -0.39 is 0 Å². The molecule has 3 rings (SSSR count). The molecule has 0 saturated heterocycles. The molecule has 0 spiro atoms. The summed E-state index contributed by atoms with van der Waals surface area (Å²) in [5.74, 6) is -0.377. The van der Waals surface area contributed by atoms with Crippen LogP contribution < -0.4 is 5.69 Å². The van der Waals surface area contributed by atoms with Crippen molar-refractivity contribution in [3.63, 3.8) is 0 Å². The number of fused-ring (bicyclic) bond motifs is 1. The number of aromatic nitrogens is 3. The van der Waals surface area contributed by atoms with Crippen molar-refractivity contribution in [2.75, 3.05) is 0 Å². The van der Waals surface area contributed by atoms with E-state index in [-0.39, 0.29) is 11.5 Å². The maximum atomic E-state index is 13.1.